The van der Waals surface area contributed by atoms with E-state index in [0.717, 1.165) is 32.7 Å². The minimum atomic E-state index is 0.145. The highest BCUT2D eigenvalue weighted by atomic mass is 32.1. The molecule has 0 saturated heterocycles. The summed E-state index contributed by atoms with van der Waals surface area (Å²) in [6, 6.07) is 0. The van der Waals surface area contributed by atoms with Crippen molar-refractivity contribution in [2.45, 2.75) is 52.7 Å². The molecule has 0 spiro atoms. The van der Waals surface area contributed by atoms with Crippen LogP contribution in [0.4, 0.5) is 0 Å². The Morgan fingerprint density at radius 2 is 1.90 bits per heavy atom. The number of nitrogens with zero attached hydrogens (tertiary/aromatic N) is 3. The summed E-state index contributed by atoms with van der Waals surface area (Å²) in [7, 11) is 4.26. The van der Waals surface area contributed by atoms with Gasteiger partial charge in [0.2, 0.25) is 0 Å². The molecule has 0 fully saturated rings. The largest absolute Gasteiger partial charge is 0.308 e. The quantitative estimate of drug-likeness (QED) is 0.760. The van der Waals surface area contributed by atoms with E-state index in [2.05, 4.69) is 62.3 Å². The van der Waals surface area contributed by atoms with E-state index in [-0.39, 0.29) is 5.54 Å². The van der Waals surface area contributed by atoms with Gasteiger partial charge in [0, 0.05) is 37.1 Å². The van der Waals surface area contributed by atoms with Gasteiger partial charge in [-0.15, -0.1) is 11.3 Å². The summed E-state index contributed by atoms with van der Waals surface area (Å²) in [6.45, 7) is 14.0. The Hall–Kier alpha value is -0.490. The van der Waals surface area contributed by atoms with E-state index in [9.17, 15) is 0 Å². The molecule has 21 heavy (non-hydrogen) atoms. The normalized spacial score (nSPS) is 12.6. The number of aromatic nitrogens is 1. The summed E-state index contributed by atoms with van der Waals surface area (Å²) in [5, 5.41) is 6.89. The third-order valence-electron chi connectivity index (χ3n) is 3.16. The lowest BCUT2D eigenvalue weighted by atomic mass is 10.1. The van der Waals surface area contributed by atoms with Crippen molar-refractivity contribution in [3.63, 3.8) is 0 Å². The van der Waals surface area contributed by atoms with E-state index in [1.54, 1.807) is 11.3 Å². The molecule has 0 bridgehead atoms. The van der Waals surface area contributed by atoms with Crippen molar-refractivity contribution in [2.75, 3.05) is 33.7 Å². The number of hydrogen-bond donors (Lipinski definition) is 1. The van der Waals surface area contributed by atoms with E-state index in [0.29, 0.717) is 0 Å². The fraction of sp³-hybridized carbons (Fsp3) is 0.812. The van der Waals surface area contributed by atoms with E-state index < -0.39 is 0 Å². The average Bonchev–Trinajstić information content (AvgIpc) is 2.81. The van der Waals surface area contributed by atoms with Gasteiger partial charge < -0.3 is 10.2 Å². The van der Waals surface area contributed by atoms with Crippen LogP contribution in [0.3, 0.4) is 0 Å². The summed E-state index contributed by atoms with van der Waals surface area (Å²) >= 11 is 1.76. The number of hydrogen-bond acceptors (Lipinski definition) is 5. The van der Waals surface area contributed by atoms with Crippen LogP contribution in [0.2, 0.25) is 0 Å². The Bertz CT molecular complexity index is 395. The monoisotopic (exact) mass is 312 g/mol. The molecule has 0 aliphatic rings. The smallest absolute Gasteiger partial charge is 0.107 e. The van der Waals surface area contributed by atoms with Crippen LogP contribution in [0.25, 0.3) is 0 Å². The molecule has 1 rings (SSSR count). The summed E-state index contributed by atoms with van der Waals surface area (Å²) in [5.41, 5.74) is 1.35. The number of thiazole rings is 1. The summed E-state index contributed by atoms with van der Waals surface area (Å²) in [5.74, 6) is 0. The molecular weight excluding hydrogens is 280 g/mol. The van der Waals surface area contributed by atoms with E-state index >= 15 is 0 Å². The lowest BCUT2D eigenvalue weighted by Crippen LogP contribution is -2.35. The van der Waals surface area contributed by atoms with E-state index in [1.807, 2.05) is 0 Å². The minimum Gasteiger partial charge on any atom is -0.308 e. The predicted octanol–water partition coefficient (Wildman–Crippen LogP) is 2.80. The summed E-state index contributed by atoms with van der Waals surface area (Å²) < 4.78 is 0. The number of rotatable bonds is 9. The molecular formula is C16H32N4S. The van der Waals surface area contributed by atoms with Gasteiger partial charge in [0.15, 0.2) is 0 Å². The Balaban J connectivity index is 2.49. The lowest BCUT2D eigenvalue weighted by molar-refractivity contribution is 0.232. The molecule has 0 aliphatic carbocycles. The topological polar surface area (TPSA) is 31.4 Å². The van der Waals surface area contributed by atoms with Crippen molar-refractivity contribution in [1.29, 1.82) is 0 Å². The maximum atomic E-state index is 4.76. The Kier molecular flexibility index (Phi) is 7.81. The Morgan fingerprint density at radius 1 is 1.19 bits per heavy atom. The highest BCUT2D eigenvalue weighted by Gasteiger charge is 2.12. The van der Waals surface area contributed by atoms with Crippen LogP contribution in [0.5, 0.6) is 0 Å². The van der Waals surface area contributed by atoms with Gasteiger partial charge >= 0.3 is 0 Å². The highest BCUT2D eigenvalue weighted by molar-refractivity contribution is 7.09. The molecule has 0 amide bonds. The molecule has 1 heterocycles. The second-order valence-electron chi connectivity index (χ2n) is 6.92. The zero-order chi connectivity index (χ0) is 15.9. The molecule has 5 heteroatoms. The van der Waals surface area contributed by atoms with Crippen molar-refractivity contribution in [3.8, 4) is 0 Å². The first-order valence-corrected chi connectivity index (χ1v) is 8.73. The first-order chi connectivity index (χ1) is 9.80. The fourth-order valence-electron chi connectivity index (χ4n) is 2.00. The highest BCUT2D eigenvalue weighted by Crippen LogP contribution is 2.13. The van der Waals surface area contributed by atoms with E-state index in [1.165, 1.54) is 17.1 Å². The first kappa shape index (κ1) is 18.6. The van der Waals surface area contributed by atoms with Crippen molar-refractivity contribution >= 4 is 11.3 Å². The van der Waals surface area contributed by atoms with Crippen LogP contribution in [-0.2, 0) is 13.1 Å². The standard InChI is InChI=1S/C16H32N4S/c1-7-8-20(10-9-19(5)6)12-14-13-21-15(18-14)11-17-16(2,3)4/h13,17H,7-12H2,1-6H3. The van der Waals surface area contributed by atoms with Gasteiger partial charge in [-0.1, -0.05) is 6.92 Å². The van der Waals surface area contributed by atoms with Gasteiger partial charge in [-0.05, 0) is 47.8 Å². The molecule has 1 aromatic rings. The van der Waals surface area contributed by atoms with Crippen LogP contribution in [0.15, 0.2) is 5.38 Å². The zero-order valence-electron chi connectivity index (χ0n) is 14.6. The molecule has 4 nitrogen and oxygen atoms in total. The Morgan fingerprint density at radius 3 is 2.48 bits per heavy atom. The maximum absolute atomic E-state index is 4.76. The van der Waals surface area contributed by atoms with Crippen LogP contribution >= 0.6 is 11.3 Å². The minimum absolute atomic E-state index is 0.145. The Labute approximate surface area is 134 Å². The van der Waals surface area contributed by atoms with Gasteiger partial charge in [-0.25, -0.2) is 4.98 Å². The SMILES string of the molecule is CCCN(CCN(C)C)Cc1csc(CNC(C)(C)C)n1. The molecule has 1 aromatic heterocycles. The molecule has 0 aliphatic heterocycles. The van der Waals surface area contributed by atoms with Crippen LogP contribution in [-0.4, -0.2) is 54.1 Å². The van der Waals surface area contributed by atoms with Gasteiger partial charge in [0.25, 0.3) is 0 Å². The summed E-state index contributed by atoms with van der Waals surface area (Å²) in [4.78, 5) is 9.50. The van der Waals surface area contributed by atoms with Crippen LogP contribution in [0.1, 0.15) is 44.8 Å². The third-order valence-corrected chi connectivity index (χ3v) is 4.06. The molecule has 0 aromatic carbocycles. The molecule has 0 unspecified atom stereocenters. The molecule has 0 saturated carbocycles. The van der Waals surface area contributed by atoms with Gasteiger partial charge in [0.1, 0.15) is 5.01 Å². The van der Waals surface area contributed by atoms with Crippen molar-refractivity contribution in [1.82, 2.24) is 20.1 Å². The number of likely N-dealkylation sites (N-methyl/N-ethyl adjacent to an activating group) is 1. The van der Waals surface area contributed by atoms with E-state index in [4.69, 9.17) is 4.98 Å². The first-order valence-electron chi connectivity index (χ1n) is 7.85. The molecule has 0 radical (unpaired) electrons. The van der Waals surface area contributed by atoms with Crippen molar-refractivity contribution < 1.29 is 0 Å². The number of nitrogens with one attached hydrogen (secondary N) is 1. The second-order valence-corrected chi connectivity index (χ2v) is 7.86. The van der Waals surface area contributed by atoms with Crippen molar-refractivity contribution in [3.05, 3.63) is 16.1 Å². The maximum Gasteiger partial charge on any atom is 0.107 e. The second kappa shape index (κ2) is 8.83. The molecule has 1 N–H and O–H groups in total. The lowest BCUT2D eigenvalue weighted by Gasteiger charge is -2.22. The summed E-state index contributed by atoms with van der Waals surface area (Å²) in [6.07, 6.45) is 1.19. The van der Waals surface area contributed by atoms with Crippen molar-refractivity contribution in [2.24, 2.45) is 0 Å². The third kappa shape index (κ3) is 8.51. The van der Waals surface area contributed by atoms with Gasteiger partial charge in [-0.2, -0.15) is 0 Å². The zero-order valence-corrected chi connectivity index (χ0v) is 15.4. The fourth-order valence-corrected chi connectivity index (χ4v) is 2.72. The van der Waals surface area contributed by atoms with Crippen LogP contribution < -0.4 is 5.32 Å². The van der Waals surface area contributed by atoms with Gasteiger partial charge in [-0.3, -0.25) is 4.90 Å². The van der Waals surface area contributed by atoms with Gasteiger partial charge in [0.05, 0.1) is 5.69 Å². The molecule has 0 atom stereocenters. The average molecular weight is 313 g/mol. The predicted molar refractivity (Wildman–Crippen MR) is 92.8 cm³/mol. The molecule has 122 valence electrons. The van der Waals surface area contributed by atoms with Crippen LogP contribution in [0, 0.1) is 0 Å².